The lowest BCUT2D eigenvalue weighted by atomic mass is 9.92. The zero-order valence-electron chi connectivity index (χ0n) is 17.0. The number of pyridine rings is 2. The highest BCUT2D eigenvalue weighted by molar-refractivity contribution is 8.01. The number of nitrogens with zero attached hydrogens (tertiary/aromatic N) is 3. The molecule has 1 atom stereocenters. The third-order valence-electron chi connectivity index (χ3n) is 4.88. The zero-order valence-corrected chi connectivity index (χ0v) is 17.8. The van der Waals surface area contributed by atoms with E-state index in [2.05, 4.69) is 14.9 Å². The second-order valence-corrected chi connectivity index (χ2v) is 8.84. The maximum Gasteiger partial charge on any atom is 0.490 e. The highest BCUT2D eigenvalue weighted by Crippen LogP contribution is 2.46. The van der Waals surface area contributed by atoms with E-state index in [9.17, 15) is 17.6 Å². The van der Waals surface area contributed by atoms with Crippen molar-refractivity contribution in [2.45, 2.75) is 30.0 Å². The molecule has 2 saturated heterocycles. The van der Waals surface area contributed by atoms with Crippen molar-refractivity contribution < 1.29 is 36.9 Å². The number of hydrogen-bond acceptors (Lipinski definition) is 7. The Morgan fingerprint density at radius 2 is 1.88 bits per heavy atom. The van der Waals surface area contributed by atoms with Gasteiger partial charge < -0.3 is 14.6 Å². The van der Waals surface area contributed by atoms with Crippen LogP contribution in [0.2, 0.25) is 0 Å². The van der Waals surface area contributed by atoms with Crippen LogP contribution in [0.3, 0.4) is 0 Å². The van der Waals surface area contributed by atoms with E-state index in [-0.39, 0.29) is 16.7 Å². The minimum absolute atomic E-state index is 0.0180. The number of carboxylic acid groups (broad SMARTS) is 1. The highest BCUT2D eigenvalue weighted by Gasteiger charge is 2.49. The molecule has 2 aliphatic heterocycles. The van der Waals surface area contributed by atoms with Gasteiger partial charge in [0.15, 0.2) is 5.82 Å². The molecule has 2 aliphatic rings. The standard InChI is InChI=1S/C18H20FN3O2S.C2HF3O2/c1-23-16-13(4-2-6-20-16)9-22-11-18(12-22)8-14(10-25-18)24-17-15(19)5-3-7-21-17;3-2(4,5)1(6)7/h2-7,14H,8-12H2,1H3;(H,6,7). The van der Waals surface area contributed by atoms with Gasteiger partial charge in [-0.05, 0) is 18.2 Å². The summed E-state index contributed by atoms with van der Waals surface area (Å²) in [5.41, 5.74) is 1.10. The summed E-state index contributed by atoms with van der Waals surface area (Å²) in [5, 5.41) is 7.12. The van der Waals surface area contributed by atoms with Crippen LogP contribution in [0, 0.1) is 5.82 Å². The van der Waals surface area contributed by atoms with Crippen LogP contribution in [0.15, 0.2) is 36.7 Å². The number of methoxy groups -OCH3 is 1. The first-order valence-corrected chi connectivity index (χ1v) is 10.5. The average molecular weight is 475 g/mol. The van der Waals surface area contributed by atoms with E-state index in [0.717, 1.165) is 37.4 Å². The number of hydrogen-bond donors (Lipinski definition) is 1. The van der Waals surface area contributed by atoms with Crippen molar-refractivity contribution >= 4 is 17.7 Å². The molecule has 174 valence electrons. The number of halogens is 4. The quantitative estimate of drug-likeness (QED) is 0.659. The molecular formula is C20H21F4N3O4S. The first kappa shape index (κ1) is 24.1. The Bertz CT molecular complexity index is 941. The lowest BCUT2D eigenvalue weighted by Crippen LogP contribution is -2.58. The molecule has 7 nitrogen and oxygen atoms in total. The molecule has 2 aromatic rings. The van der Waals surface area contributed by atoms with Gasteiger partial charge in [-0.25, -0.2) is 19.2 Å². The van der Waals surface area contributed by atoms with Crippen molar-refractivity contribution in [2.75, 3.05) is 26.0 Å². The van der Waals surface area contributed by atoms with Gasteiger partial charge in [0.1, 0.15) is 6.10 Å². The number of carbonyl (C=O) groups is 1. The van der Waals surface area contributed by atoms with Gasteiger partial charge in [-0.15, -0.1) is 11.8 Å². The van der Waals surface area contributed by atoms with Gasteiger partial charge >= 0.3 is 12.1 Å². The molecule has 12 heteroatoms. The molecular weight excluding hydrogens is 454 g/mol. The summed E-state index contributed by atoms with van der Waals surface area (Å²) in [4.78, 5) is 19.5. The van der Waals surface area contributed by atoms with E-state index in [4.69, 9.17) is 19.4 Å². The van der Waals surface area contributed by atoms with Gasteiger partial charge in [0.05, 0.1) is 7.11 Å². The van der Waals surface area contributed by atoms with Gasteiger partial charge in [0.2, 0.25) is 5.88 Å². The summed E-state index contributed by atoms with van der Waals surface area (Å²) in [6.07, 6.45) is -0.841. The lowest BCUT2D eigenvalue weighted by Gasteiger charge is -2.47. The van der Waals surface area contributed by atoms with Gasteiger partial charge in [0, 0.05) is 54.5 Å². The van der Waals surface area contributed by atoms with E-state index in [0.29, 0.717) is 5.88 Å². The molecule has 1 spiro atoms. The molecule has 32 heavy (non-hydrogen) atoms. The van der Waals surface area contributed by atoms with E-state index < -0.39 is 18.0 Å². The summed E-state index contributed by atoms with van der Waals surface area (Å²) in [6, 6.07) is 6.94. The Morgan fingerprint density at radius 3 is 2.47 bits per heavy atom. The smallest absolute Gasteiger partial charge is 0.481 e. The second-order valence-electron chi connectivity index (χ2n) is 7.35. The Morgan fingerprint density at radius 1 is 1.25 bits per heavy atom. The maximum absolute atomic E-state index is 13.7. The SMILES string of the molecule is COc1ncccc1CN1CC2(CC(Oc3ncccc3F)CS2)C1.O=C(O)C(F)(F)F. The van der Waals surface area contributed by atoms with Crippen LogP contribution in [0.1, 0.15) is 12.0 Å². The van der Waals surface area contributed by atoms with E-state index in [1.807, 2.05) is 23.9 Å². The van der Waals surface area contributed by atoms with Gasteiger partial charge in [-0.2, -0.15) is 13.2 Å². The zero-order chi connectivity index (χ0) is 23.4. The second kappa shape index (κ2) is 9.90. The van der Waals surface area contributed by atoms with Crippen molar-refractivity contribution in [1.82, 2.24) is 14.9 Å². The van der Waals surface area contributed by atoms with Crippen LogP contribution in [0.4, 0.5) is 17.6 Å². The van der Waals surface area contributed by atoms with Crippen LogP contribution < -0.4 is 9.47 Å². The number of thioether (sulfide) groups is 1. The number of ether oxygens (including phenoxy) is 2. The van der Waals surface area contributed by atoms with Crippen LogP contribution in [0.5, 0.6) is 11.8 Å². The number of aliphatic carboxylic acids is 1. The molecule has 0 radical (unpaired) electrons. The minimum atomic E-state index is -5.08. The number of likely N-dealkylation sites (tertiary alicyclic amines) is 1. The Labute approximate surface area is 185 Å². The van der Waals surface area contributed by atoms with E-state index in [1.165, 1.54) is 6.07 Å². The number of rotatable bonds is 5. The monoisotopic (exact) mass is 475 g/mol. The van der Waals surface area contributed by atoms with Crippen molar-refractivity contribution in [3.63, 3.8) is 0 Å². The molecule has 0 saturated carbocycles. The first-order valence-electron chi connectivity index (χ1n) is 9.53. The topological polar surface area (TPSA) is 84.8 Å². The third kappa shape index (κ3) is 6.00. The number of carboxylic acids is 1. The predicted octanol–water partition coefficient (Wildman–Crippen LogP) is 3.40. The largest absolute Gasteiger partial charge is 0.490 e. The van der Waals surface area contributed by atoms with Gasteiger partial charge in [0.25, 0.3) is 5.88 Å². The summed E-state index contributed by atoms with van der Waals surface area (Å²) < 4.78 is 56.7. The average Bonchev–Trinajstić information content (AvgIpc) is 3.13. The molecule has 0 aliphatic carbocycles. The highest BCUT2D eigenvalue weighted by atomic mass is 32.2. The molecule has 1 N–H and O–H groups in total. The van der Waals surface area contributed by atoms with E-state index >= 15 is 0 Å². The summed E-state index contributed by atoms with van der Waals surface area (Å²) in [5.74, 6) is -1.48. The van der Waals surface area contributed by atoms with Crippen LogP contribution in [-0.4, -0.2) is 68.9 Å². The molecule has 4 rings (SSSR count). The van der Waals surface area contributed by atoms with Gasteiger partial charge in [-0.1, -0.05) is 6.07 Å². The normalized spacial score (nSPS) is 19.6. The molecule has 2 aromatic heterocycles. The van der Waals surface area contributed by atoms with Crippen LogP contribution in [0.25, 0.3) is 0 Å². The molecule has 2 fully saturated rings. The summed E-state index contributed by atoms with van der Waals surface area (Å²) >= 11 is 1.93. The predicted molar refractivity (Wildman–Crippen MR) is 108 cm³/mol. The Kier molecular flexibility index (Phi) is 7.44. The van der Waals surface area contributed by atoms with Crippen LogP contribution in [-0.2, 0) is 11.3 Å². The molecule has 4 heterocycles. The number of aromatic nitrogens is 2. The Hall–Kier alpha value is -2.60. The van der Waals surface area contributed by atoms with Crippen LogP contribution >= 0.6 is 11.8 Å². The van der Waals surface area contributed by atoms with Crippen molar-refractivity contribution in [3.05, 3.63) is 48.0 Å². The summed E-state index contributed by atoms with van der Waals surface area (Å²) in [6.45, 7) is 2.83. The maximum atomic E-state index is 13.7. The molecule has 1 unspecified atom stereocenters. The molecule has 0 amide bonds. The molecule has 0 bridgehead atoms. The fourth-order valence-electron chi connectivity index (χ4n) is 3.56. The summed E-state index contributed by atoms with van der Waals surface area (Å²) in [7, 11) is 1.65. The van der Waals surface area contributed by atoms with E-state index in [1.54, 1.807) is 25.6 Å². The molecule has 0 aromatic carbocycles. The minimum Gasteiger partial charge on any atom is -0.481 e. The lowest BCUT2D eigenvalue weighted by molar-refractivity contribution is -0.192. The third-order valence-corrected chi connectivity index (χ3v) is 6.46. The fourth-order valence-corrected chi connectivity index (χ4v) is 5.14. The van der Waals surface area contributed by atoms with Crippen molar-refractivity contribution in [2.24, 2.45) is 0 Å². The number of alkyl halides is 3. The first-order chi connectivity index (χ1) is 15.1. The van der Waals surface area contributed by atoms with Gasteiger partial charge in [-0.3, -0.25) is 4.90 Å². The Balaban J connectivity index is 0.000000360. The fraction of sp³-hybridized carbons (Fsp3) is 0.450. The van der Waals surface area contributed by atoms with Crippen molar-refractivity contribution in [3.8, 4) is 11.8 Å². The van der Waals surface area contributed by atoms with Crippen molar-refractivity contribution in [1.29, 1.82) is 0 Å².